The molecule has 104 valence electrons. The van der Waals surface area contributed by atoms with E-state index < -0.39 is 12.1 Å². The first-order valence-corrected chi connectivity index (χ1v) is 6.34. The Hall–Kier alpha value is -1.68. The van der Waals surface area contributed by atoms with Gasteiger partial charge in [0.25, 0.3) is 0 Å². The number of aryl methyl sites for hydroxylation is 1. The summed E-state index contributed by atoms with van der Waals surface area (Å²) in [6.45, 7) is 5.40. The maximum atomic E-state index is 11.6. The normalized spacial score (nSPS) is 12.3. The van der Waals surface area contributed by atoms with E-state index in [1.807, 2.05) is 19.1 Å². The standard InChI is InChI=1S/C15H20O4/c1-10(2)19-15(18)9-13(16)8-14(17)12-6-4-11(3)5-7-12/h4-7,10,14,17H,8-9H2,1-3H3. The van der Waals surface area contributed by atoms with Crippen LogP contribution in [0.15, 0.2) is 24.3 Å². The van der Waals surface area contributed by atoms with Crippen LogP contribution in [0.4, 0.5) is 0 Å². The molecular weight excluding hydrogens is 244 g/mol. The maximum absolute atomic E-state index is 11.6. The molecule has 1 unspecified atom stereocenters. The van der Waals surface area contributed by atoms with Gasteiger partial charge < -0.3 is 9.84 Å². The van der Waals surface area contributed by atoms with Crippen molar-refractivity contribution < 1.29 is 19.4 Å². The predicted molar refractivity (Wildman–Crippen MR) is 71.6 cm³/mol. The number of rotatable bonds is 6. The van der Waals surface area contributed by atoms with E-state index in [9.17, 15) is 14.7 Å². The predicted octanol–water partition coefficient (Wildman–Crippen LogP) is 2.33. The number of Topliss-reactive ketones (excluding diaryl/α,β-unsaturated/α-hetero) is 1. The van der Waals surface area contributed by atoms with Crippen LogP contribution in [0.3, 0.4) is 0 Å². The first-order chi connectivity index (χ1) is 8.88. The van der Waals surface area contributed by atoms with Gasteiger partial charge in [0.05, 0.1) is 12.2 Å². The van der Waals surface area contributed by atoms with Crippen molar-refractivity contribution >= 4 is 11.8 Å². The topological polar surface area (TPSA) is 63.6 Å². The van der Waals surface area contributed by atoms with Crippen LogP contribution in [0.1, 0.15) is 43.9 Å². The minimum atomic E-state index is -0.875. The summed E-state index contributed by atoms with van der Waals surface area (Å²) in [6, 6.07) is 7.30. The van der Waals surface area contributed by atoms with Crippen molar-refractivity contribution in [1.29, 1.82) is 0 Å². The van der Waals surface area contributed by atoms with Crippen LogP contribution in [0.25, 0.3) is 0 Å². The minimum Gasteiger partial charge on any atom is -0.463 e. The van der Waals surface area contributed by atoms with Gasteiger partial charge >= 0.3 is 5.97 Å². The number of aliphatic hydroxyl groups is 1. The van der Waals surface area contributed by atoms with Crippen molar-refractivity contribution in [2.45, 2.75) is 45.8 Å². The zero-order valence-electron chi connectivity index (χ0n) is 11.6. The SMILES string of the molecule is Cc1ccc(C(O)CC(=O)CC(=O)OC(C)C)cc1. The Kier molecular flexibility index (Phi) is 5.70. The fourth-order valence-corrected chi connectivity index (χ4v) is 1.66. The number of aliphatic hydroxyl groups excluding tert-OH is 1. The molecular formula is C15H20O4. The van der Waals surface area contributed by atoms with Crippen LogP contribution >= 0.6 is 0 Å². The molecule has 19 heavy (non-hydrogen) atoms. The average molecular weight is 264 g/mol. The van der Waals surface area contributed by atoms with Crippen LogP contribution in [0, 0.1) is 6.92 Å². The van der Waals surface area contributed by atoms with Crippen molar-refractivity contribution in [1.82, 2.24) is 0 Å². The molecule has 0 fully saturated rings. The highest BCUT2D eigenvalue weighted by atomic mass is 16.5. The van der Waals surface area contributed by atoms with Gasteiger partial charge in [0.2, 0.25) is 0 Å². The third-order valence-electron chi connectivity index (χ3n) is 2.59. The number of carbonyl (C=O) groups excluding carboxylic acids is 2. The van der Waals surface area contributed by atoms with Crippen molar-refractivity contribution in [3.8, 4) is 0 Å². The molecule has 0 radical (unpaired) electrons. The lowest BCUT2D eigenvalue weighted by molar-refractivity contribution is -0.149. The summed E-state index contributed by atoms with van der Waals surface area (Å²) in [6.07, 6.45) is -1.47. The van der Waals surface area contributed by atoms with Gasteiger partial charge in [0.1, 0.15) is 12.2 Å². The van der Waals surface area contributed by atoms with Gasteiger partial charge in [-0.15, -0.1) is 0 Å². The Balaban J connectivity index is 2.48. The van der Waals surface area contributed by atoms with Crippen molar-refractivity contribution in [3.63, 3.8) is 0 Å². The fraction of sp³-hybridized carbons (Fsp3) is 0.467. The molecule has 1 N–H and O–H groups in total. The summed E-state index contributed by atoms with van der Waals surface area (Å²) in [5.74, 6) is -0.866. The zero-order chi connectivity index (χ0) is 14.4. The second kappa shape index (κ2) is 7.04. The molecule has 1 aromatic carbocycles. The summed E-state index contributed by atoms with van der Waals surface area (Å²) in [5.41, 5.74) is 1.76. The van der Waals surface area contributed by atoms with Gasteiger partial charge in [-0.2, -0.15) is 0 Å². The van der Waals surface area contributed by atoms with Gasteiger partial charge in [-0.3, -0.25) is 9.59 Å². The Morgan fingerprint density at radius 1 is 1.21 bits per heavy atom. The lowest BCUT2D eigenvalue weighted by Crippen LogP contribution is -2.17. The number of carbonyl (C=O) groups is 2. The number of esters is 1. The smallest absolute Gasteiger partial charge is 0.313 e. The number of hydrogen-bond acceptors (Lipinski definition) is 4. The van der Waals surface area contributed by atoms with Gasteiger partial charge in [0.15, 0.2) is 0 Å². The number of benzene rings is 1. The minimum absolute atomic E-state index is 0.0732. The summed E-state index contributed by atoms with van der Waals surface area (Å²) < 4.78 is 4.88. The van der Waals surface area contributed by atoms with Crippen molar-refractivity contribution in [2.75, 3.05) is 0 Å². The molecule has 0 amide bonds. The fourth-order valence-electron chi connectivity index (χ4n) is 1.66. The lowest BCUT2D eigenvalue weighted by Gasteiger charge is -2.11. The van der Waals surface area contributed by atoms with Crippen LogP contribution in [0.2, 0.25) is 0 Å². The number of ether oxygens (including phenoxy) is 1. The summed E-state index contributed by atoms with van der Waals surface area (Å²) in [4.78, 5) is 22.9. The van der Waals surface area contributed by atoms with Gasteiger partial charge in [-0.05, 0) is 26.3 Å². The molecule has 0 saturated heterocycles. The number of hydrogen-bond donors (Lipinski definition) is 1. The third-order valence-corrected chi connectivity index (χ3v) is 2.59. The van der Waals surface area contributed by atoms with Crippen LogP contribution in [0.5, 0.6) is 0 Å². The highest BCUT2D eigenvalue weighted by Crippen LogP contribution is 2.18. The molecule has 4 nitrogen and oxygen atoms in total. The maximum Gasteiger partial charge on any atom is 0.313 e. The second-order valence-electron chi connectivity index (χ2n) is 4.88. The molecule has 0 spiro atoms. The highest BCUT2D eigenvalue weighted by molar-refractivity contribution is 5.95. The molecule has 1 atom stereocenters. The first kappa shape index (κ1) is 15.4. The Morgan fingerprint density at radius 3 is 2.32 bits per heavy atom. The molecule has 0 aliphatic carbocycles. The van der Waals surface area contributed by atoms with Gasteiger partial charge in [0, 0.05) is 6.42 Å². The molecule has 0 aromatic heterocycles. The average Bonchev–Trinajstić information content (AvgIpc) is 2.27. The molecule has 0 aliphatic rings. The van der Waals surface area contributed by atoms with E-state index in [0.29, 0.717) is 5.56 Å². The van der Waals surface area contributed by atoms with Crippen LogP contribution < -0.4 is 0 Å². The Morgan fingerprint density at radius 2 is 1.79 bits per heavy atom. The van der Waals surface area contributed by atoms with Crippen LogP contribution in [-0.2, 0) is 14.3 Å². The van der Waals surface area contributed by atoms with Gasteiger partial charge in [-0.25, -0.2) is 0 Å². The van der Waals surface area contributed by atoms with E-state index in [2.05, 4.69) is 0 Å². The largest absolute Gasteiger partial charge is 0.463 e. The number of ketones is 1. The summed E-state index contributed by atoms with van der Waals surface area (Å²) in [5, 5.41) is 9.90. The van der Waals surface area contributed by atoms with E-state index >= 15 is 0 Å². The van der Waals surface area contributed by atoms with E-state index in [1.54, 1.807) is 26.0 Å². The first-order valence-electron chi connectivity index (χ1n) is 6.34. The van der Waals surface area contributed by atoms with Gasteiger partial charge in [-0.1, -0.05) is 29.8 Å². The molecule has 0 bridgehead atoms. The molecule has 0 aliphatic heterocycles. The van der Waals surface area contributed by atoms with E-state index in [1.165, 1.54) is 0 Å². The highest BCUT2D eigenvalue weighted by Gasteiger charge is 2.17. The van der Waals surface area contributed by atoms with Crippen LogP contribution in [-0.4, -0.2) is 23.0 Å². The molecule has 0 saturated carbocycles. The third kappa shape index (κ3) is 5.66. The molecule has 1 aromatic rings. The molecule has 1 rings (SSSR count). The second-order valence-corrected chi connectivity index (χ2v) is 4.88. The Bertz CT molecular complexity index is 434. The lowest BCUT2D eigenvalue weighted by atomic mass is 10.0. The summed E-state index contributed by atoms with van der Waals surface area (Å²) >= 11 is 0. The van der Waals surface area contributed by atoms with Crippen molar-refractivity contribution in [2.24, 2.45) is 0 Å². The quantitative estimate of drug-likeness (QED) is 0.632. The molecule has 4 heteroatoms. The van der Waals surface area contributed by atoms with E-state index in [4.69, 9.17) is 4.74 Å². The zero-order valence-corrected chi connectivity index (χ0v) is 11.6. The van der Waals surface area contributed by atoms with E-state index in [-0.39, 0.29) is 24.7 Å². The van der Waals surface area contributed by atoms with Crippen molar-refractivity contribution in [3.05, 3.63) is 35.4 Å². The van der Waals surface area contributed by atoms with E-state index in [0.717, 1.165) is 5.56 Å². The molecule has 0 heterocycles. The monoisotopic (exact) mass is 264 g/mol. The summed E-state index contributed by atoms with van der Waals surface area (Å²) in [7, 11) is 0. The Labute approximate surface area is 113 Å².